The molecule has 1 aliphatic rings. The van der Waals surface area contributed by atoms with Crippen LogP contribution in [0.25, 0.3) is 0 Å². The van der Waals surface area contributed by atoms with E-state index in [2.05, 4.69) is 54.5 Å². The highest BCUT2D eigenvalue weighted by Gasteiger charge is 2.28. The summed E-state index contributed by atoms with van der Waals surface area (Å²) < 4.78 is 42.1. The first-order chi connectivity index (χ1) is 23.9. The maximum Gasteiger partial charge on any atom is 0.253 e. The van der Waals surface area contributed by atoms with Crippen molar-refractivity contribution in [1.29, 1.82) is 0 Å². The van der Waals surface area contributed by atoms with Crippen molar-refractivity contribution in [3.05, 3.63) is 63.4 Å². The van der Waals surface area contributed by atoms with Crippen LogP contribution in [0.1, 0.15) is 87.4 Å². The lowest BCUT2D eigenvalue weighted by Crippen LogP contribution is -2.22. The van der Waals surface area contributed by atoms with Crippen LogP contribution < -0.4 is 14.4 Å². The summed E-state index contributed by atoms with van der Waals surface area (Å²) in [7, 11) is -1.99. The number of halogens is 1. The smallest absolute Gasteiger partial charge is 0.253 e. The molecule has 0 atom stereocenters. The number of rotatable bonds is 18. The van der Waals surface area contributed by atoms with Gasteiger partial charge in [0.2, 0.25) is 10.0 Å². The van der Waals surface area contributed by atoms with Gasteiger partial charge in [-0.3, -0.25) is 4.72 Å². The zero-order valence-corrected chi connectivity index (χ0v) is 32.3. The molecule has 0 spiro atoms. The molecule has 272 valence electrons. The number of hydrogen-bond donors (Lipinski definition) is 1. The summed E-state index contributed by atoms with van der Waals surface area (Å²) in [5, 5.41) is 5.12. The van der Waals surface area contributed by atoms with Crippen LogP contribution in [0.15, 0.2) is 45.3 Å². The van der Waals surface area contributed by atoms with E-state index in [1.165, 1.54) is 6.42 Å². The summed E-state index contributed by atoms with van der Waals surface area (Å²) in [5.41, 5.74) is 6.66. The molecule has 0 amide bonds. The average molecular weight is 726 g/mol. The van der Waals surface area contributed by atoms with Crippen LogP contribution in [0.4, 0.5) is 17.1 Å². The number of aliphatic imine (C=N–C) groups is 3. The predicted octanol–water partition coefficient (Wildman–Crippen LogP) is 8.18. The third kappa shape index (κ3) is 9.73. The number of aryl methyl sites for hydroxylation is 3. The molecule has 13 heteroatoms. The standard InChI is InChI=1S/C37H52ClN7O4S/c1-9-12-13-14-15-16-21-50(46,47)43-29-17-18-33(49-20-19-48-8)30(24-29)35-36(41-37(40-35)45-28(7)34(38)27(6)42-45)39-31-22-26(5)32(23-25(31)4)44(10-2)11-3/h17-18,22-24,43H,9-16,19-21H2,1-8H3/b39-36-. The van der Waals surface area contributed by atoms with Crippen LogP contribution in [-0.4, -0.2) is 74.9 Å². The van der Waals surface area contributed by atoms with Crippen molar-refractivity contribution in [2.75, 3.05) is 48.8 Å². The van der Waals surface area contributed by atoms with Gasteiger partial charge in [0.25, 0.3) is 5.96 Å². The fraction of sp³-hybridized carbons (Fsp3) is 0.514. The van der Waals surface area contributed by atoms with Gasteiger partial charge in [-0.15, -0.1) is 0 Å². The normalized spacial score (nSPS) is 13.9. The first kappa shape index (κ1) is 39.1. The topological polar surface area (TPSA) is 123 Å². The second-order valence-corrected chi connectivity index (χ2v) is 14.8. The SMILES string of the molecule is CCCCCCCCS(=O)(=O)Nc1ccc(OCCOC)c(C2=NC(n3nc(C)c(Cl)c3C)=N/C2=N\c2cc(C)c(N(CC)CC)cc2C)c1. The van der Waals surface area contributed by atoms with E-state index < -0.39 is 10.0 Å². The first-order valence-corrected chi connectivity index (χ1v) is 19.6. The van der Waals surface area contributed by atoms with E-state index in [0.29, 0.717) is 58.0 Å². The molecular formula is C37H52ClN7O4S. The number of benzene rings is 2. The predicted molar refractivity (Wildman–Crippen MR) is 207 cm³/mol. The quantitative estimate of drug-likeness (QED) is 0.132. The maximum atomic E-state index is 13.2. The molecule has 0 radical (unpaired) electrons. The number of nitrogens with one attached hydrogen (secondary N) is 1. The Labute approximate surface area is 302 Å². The fourth-order valence-electron chi connectivity index (χ4n) is 5.86. The van der Waals surface area contributed by atoms with Crippen molar-refractivity contribution >= 4 is 56.2 Å². The van der Waals surface area contributed by atoms with Crippen molar-refractivity contribution in [3.63, 3.8) is 0 Å². The first-order valence-electron chi connectivity index (χ1n) is 17.5. The number of ether oxygens (including phenoxy) is 2. The van der Waals surface area contributed by atoms with E-state index in [4.69, 9.17) is 36.1 Å². The minimum absolute atomic E-state index is 0.0439. The second kappa shape index (κ2) is 18.0. The van der Waals surface area contributed by atoms with Gasteiger partial charge in [0, 0.05) is 37.1 Å². The third-order valence-electron chi connectivity index (χ3n) is 8.69. The summed E-state index contributed by atoms with van der Waals surface area (Å²) in [4.78, 5) is 17.2. The molecule has 50 heavy (non-hydrogen) atoms. The van der Waals surface area contributed by atoms with E-state index in [1.807, 2.05) is 20.8 Å². The minimum atomic E-state index is -3.59. The van der Waals surface area contributed by atoms with E-state index in [-0.39, 0.29) is 18.3 Å². The Morgan fingerprint density at radius 1 is 0.920 bits per heavy atom. The highest BCUT2D eigenvalue weighted by molar-refractivity contribution is 7.92. The molecule has 0 fully saturated rings. The Morgan fingerprint density at radius 2 is 1.64 bits per heavy atom. The van der Waals surface area contributed by atoms with Gasteiger partial charge < -0.3 is 14.4 Å². The van der Waals surface area contributed by atoms with Crippen molar-refractivity contribution < 1.29 is 17.9 Å². The van der Waals surface area contributed by atoms with Crippen molar-refractivity contribution in [2.45, 2.75) is 87.0 Å². The lowest BCUT2D eigenvalue weighted by Gasteiger charge is -2.24. The van der Waals surface area contributed by atoms with Gasteiger partial charge in [-0.1, -0.05) is 50.6 Å². The molecule has 1 aromatic heterocycles. The minimum Gasteiger partial charge on any atom is -0.490 e. The second-order valence-electron chi connectivity index (χ2n) is 12.5. The third-order valence-corrected chi connectivity index (χ3v) is 10.6. The maximum absolute atomic E-state index is 13.2. The molecule has 4 rings (SSSR count). The monoisotopic (exact) mass is 725 g/mol. The Hall–Kier alpha value is -3.74. The highest BCUT2D eigenvalue weighted by atomic mass is 35.5. The van der Waals surface area contributed by atoms with Crippen LogP contribution >= 0.6 is 11.6 Å². The summed E-state index contributed by atoms with van der Waals surface area (Å²) >= 11 is 6.53. The molecule has 0 bridgehead atoms. The molecule has 11 nitrogen and oxygen atoms in total. The van der Waals surface area contributed by atoms with Crippen molar-refractivity contribution in [1.82, 2.24) is 9.78 Å². The molecule has 2 aromatic carbocycles. The van der Waals surface area contributed by atoms with Gasteiger partial charge in [0.1, 0.15) is 18.1 Å². The Kier molecular flexibility index (Phi) is 14.0. The molecule has 0 saturated carbocycles. The number of nitrogens with zero attached hydrogens (tertiary/aromatic N) is 6. The highest BCUT2D eigenvalue weighted by Crippen LogP contribution is 2.32. The van der Waals surface area contributed by atoms with Gasteiger partial charge in [-0.25, -0.2) is 23.1 Å². The van der Waals surface area contributed by atoms with E-state index in [0.717, 1.165) is 61.3 Å². The van der Waals surface area contributed by atoms with Crippen LogP contribution in [0.3, 0.4) is 0 Å². The lowest BCUT2D eigenvalue weighted by atomic mass is 10.1. The fourth-order valence-corrected chi connectivity index (χ4v) is 7.15. The number of sulfonamides is 1. The Balaban J connectivity index is 1.80. The molecular weight excluding hydrogens is 674 g/mol. The van der Waals surface area contributed by atoms with Gasteiger partial charge >= 0.3 is 0 Å². The van der Waals surface area contributed by atoms with Crippen LogP contribution in [-0.2, 0) is 14.8 Å². The number of unbranched alkanes of at least 4 members (excludes halogenated alkanes) is 5. The Morgan fingerprint density at radius 3 is 2.30 bits per heavy atom. The van der Waals surface area contributed by atoms with E-state index in [9.17, 15) is 8.42 Å². The molecule has 1 N–H and O–H groups in total. The average Bonchev–Trinajstić information content (AvgIpc) is 3.61. The van der Waals surface area contributed by atoms with Gasteiger partial charge in [0.05, 0.1) is 34.5 Å². The van der Waals surface area contributed by atoms with E-state index in [1.54, 1.807) is 30.0 Å². The Bertz CT molecular complexity index is 1850. The molecule has 0 unspecified atom stereocenters. The molecule has 3 aromatic rings. The van der Waals surface area contributed by atoms with E-state index >= 15 is 0 Å². The van der Waals surface area contributed by atoms with Gasteiger partial charge in [0.15, 0.2) is 5.84 Å². The number of amidine groups is 1. The molecule has 2 heterocycles. The summed E-state index contributed by atoms with van der Waals surface area (Å²) in [6.07, 6.45) is 5.94. The number of methoxy groups -OCH3 is 1. The van der Waals surface area contributed by atoms with Crippen molar-refractivity contribution in [3.8, 4) is 5.75 Å². The molecule has 0 saturated heterocycles. The van der Waals surface area contributed by atoms with Crippen LogP contribution in [0.5, 0.6) is 5.75 Å². The summed E-state index contributed by atoms with van der Waals surface area (Å²) in [6.45, 7) is 16.7. The number of hydrogen-bond acceptors (Lipinski definition) is 8. The summed E-state index contributed by atoms with van der Waals surface area (Å²) in [6, 6.07) is 9.37. The van der Waals surface area contributed by atoms with Gasteiger partial charge in [-0.05, 0) is 89.4 Å². The summed E-state index contributed by atoms with van der Waals surface area (Å²) in [5.74, 6) is 1.16. The zero-order valence-electron chi connectivity index (χ0n) is 30.8. The number of anilines is 2. The van der Waals surface area contributed by atoms with Gasteiger partial charge in [-0.2, -0.15) is 10.1 Å². The number of aromatic nitrogens is 2. The van der Waals surface area contributed by atoms with Crippen molar-refractivity contribution in [2.24, 2.45) is 15.0 Å². The van der Waals surface area contributed by atoms with Crippen LogP contribution in [0.2, 0.25) is 5.02 Å². The molecule has 1 aliphatic heterocycles. The largest absolute Gasteiger partial charge is 0.490 e. The lowest BCUT2D eigenvalue weighted by molar-refractivity contribution is 0.146. The molecule has 0 aliphatic carbocycles. The zero-order chi connectivity index (χ0) is 36.4. The van der Waals surface area contributed by atoms with Crippen LogP contribution in [0, 0.1) is 27.7 Å².